The maximum atomic E-state index is 12.8. The Bertz CT molecular complexity index is 585. The second-order valence-corrected chi connectivity index (χ2v) is 3.86. The Balaban J connectivity index is 2.44. The van der Waals surface area contributed by atoms with Gasteiger partial charge in [-0.1, -0.05) is 0 Å². The zero-order chi connectivity index (χ0) is 13.8. The molecule has 0 fully saturated rings. The summed E-state index contributed by atoms with van der Waals surface area (Å²) in [5.74, 6) is -0.113. The molecule has 0 atom stereocenters. The van der Waals surface area contributed by atoms with Crippen molar-refractivity contribution in [3.05, 3.63) is 59.4 Å². The summed E-state index contributed by atoms with van der Waals surface area (Å²) in [5.41, 5.74) is 0.320. The van der Waals surface area contributed by atoms with E-state index in [0.29, 0.717) is 5.56 Å². The molecular formula is C14H11F2NO2. The van der Waals surface area contributed by atoms with Crippen LogP contribution in [0.1, 0.15) is 27.9 Å². The van der Waals surface area contributed by atoms with Gasteiger partial charge in [0.25, 0.3) is 6.43 Å². The third-order valence-electron chi connectivity index (χ3n) is 2.62. The van der Waals surface area contributed by atoms with Crippen molar-refractivity contribution in [2.75, 3.05) is 7.11 Å². The fraction of sp³-hybridized carbons (Fsp3) is 0.143. The van der Waals surface area contributed by atoms with E-state index in [9.17, 15) is 13.6 Å². The van der Waals surface area contributed by atoms with Gasteiger partial charge in [-0.2, -0.15) is 0 Å². The third-order valence-corrected chi connectivity index (χ3v) is 2.62. The van der Waals surface area contributed by atoms with Gasteiger partial charge in [-0.05, 0) is 30.3 Å². The van der Waals surface area contributed by atoms with Crippen LogP contribution in [-0.4, -0.2) is 17.9 Å². The van der Waals surface area contributed by atoms with Gasteiger partial charge < -0.3 is 4.74 Å². The molecule has 0 amide bonds. The van der Waals surface area contributed by atoms with E-state index in [4.69, 9.17) is 4.74 Å². The highest BCUT2D eigenvalue weighted by Gasteiger charge is 2.15. The number of carbonyl (C=O) groups excluding carboxylic acids is 1. The number of alkyl halides is 2. The molecule has 98 valence electrons. The van der Waals surface area contributed by atoms with Gasteiger partial charge in [0, 0.05) is 29.1 Å². The van der Waals surface area contributed by atoms with E-state index in [1.54, 1.807) is 0 Å². The second-order valence-electron chi connectivity index (χ2n) is 3.86. The van der Waals surface area contributed by atoms with Gasteiger partial charge in [0.05, 0.1) is 7.11 Å². The molecule has 0 radical (unpaired) electrons. The molecule has 19 heavy (non-hydrogen) atoms. The largest absolute Gasteiger partial charge is 0.497 e. The molecule has 0 saturated carbocycles. The quantitative estimate of drug-likeness (QED) is 0.795. The van der Waals surface area contributed by atoms with Crippen molar-refractivity contribution < 1.29 is 18.3 Å². The Labute approximate surface area is 108 Å². The summed E-state index contributed by atoms with van der Waals surface area (Å²) in [6, 6.07) is 6.90. The van der Waals surface area contributed by atoms with Crippen molar-refractivity contribution in [1.82, 2.24) is 4.98 Å². The smallest absolute Gasteiger partial charge is 0.264 e. The van der Waals surface area contributed by atoms with Crippen LogP contribution in [0.25, 0.3) is 0 Å². The first-order valence-electron chi connectivity index (χ1n) is 5.53. The summed E-state index contributed by atoms with van der Waals surface area (Å²) in [7, 11) is 1.37. The first kappa shape index (κ1) is 13.1. The Morgan fingerprint density at radius 2 is 1.84 bits per heavy atom. The number of benzene rings is 1. The van der Waals surface area contributed by atoms with Crippen LogP contribution in [0.5, 0.6) is 5.75 Å². The highest BCUT2D eigenvalue weighted by atomic mass is 19.3. The van der Waals surface area contributed by atoms with Gasteiger partial charge in [0.2, 0.25) is 0 Å². The molecule has 0 aliphatic carbocycles. The molecule has 0 aliphatic heterocycles. The highest BCUT2D eigenvalue weighted by Crippen LogP contribution is 2.26. The average Bonchev–Trinajstić information content (AvgIpc) is 2.46. The predicted molar refractivity (Wildman–Crippen MR) is 65.6 cm³/mol. The maximum Gasteiger partial charge on any atom is 0.264 e. The number of hydrogen-bond acceptors (Lipinski definition) is 3. The Hall–Kier alpha value is -2.30. The molecule has 1 aromatic heterocycles. The molecule has 1 heterocycles. The first-order valence-corrected chi connectivity index (χ1v) is 5.53. The number of methoxy groups -OCH3 is 1. The lowest BCUT2D eigenvalue weighted by molar-refractivity contribution is 0.103. The van der Waals surface area contributed by atoms with Gasteiger partial charge in [-0.15, -0.1) is 0 Å². The lowest BCUT2D eigenvalue weighted by Crippen LogP contribution is -2.03. The lowest BCUT2D eigenvalue weighted by Gasteiger charge is -2.08. The molecule has 0 unspecified atom stereocenters. The monoisotopic (exact) mass is 263 g/mol. The molecule has 2 aromatic rings. The van der Waals surface area contributed by atoms with Crippen LogP contribution >= 0.6 is 0 Å². The molecule has 0 spiro atoms. The normalized spacial score (nSPS) is 10.5. The number of aromatic nitrogens is 1. The third kappa shape index (κ3) is 2.93. The van der Waals surface area contributed by atoms with Gasteiger partial charge in [-0.3, -0.25) is 9.78 Å². The van der Waals surface area contributed by atoms with Gasteiger partial charge in [0.15, 0.2) is 5.78 Å². The zero-order valence-corrected chi connectivity index (χ0v) is 10.1. The van der Waals surface area contributed by atoms with Crippen LogP contribution in [0.3, 0.4) is 0 Å². The highest BCUT2D eigenvalue weighted by molar-refractivity contribution is 6.09. The van der Waals surface area contributed by atoms with Crippen LogP contribution in [-0.2, 0) is 0 Å². The molecule has 2 rings (SSSR count). The summed E-state index contributed by atoms with van der Waals surface area (Å²) >= 11 is 0. The van der Waals surface area contributed by atoms with Gasteiger partial charge in [-0.25, -0.2) is 8.78 Å². The van der Waals surface area contributed by atoms with E-state index in [1.807, 2.05) is 0 Å². The molecule has 0 bridgehead atoms. The fourth-order valence-corrected chi connectivity index (χ4v) is 1.67. The Morgan fingerprint density at radius 3 is 2.42 bits per heavy atom. The summed E-state index contributed by atoms with van der Waals surface area (Å²) < 4.78 is 30.4. The fourth-order valence-electron chi connectivity index (χ4n) is 1.67. The Morgan fingerprint density at radius 1 is 1.16 bits per heavy atom. The van der Waals surface area contributed by atoms with Crippen molar-refractivity contribution in [1.29, 1.82) is 0 Å². The molecular weight excluding hydrogens is 252 g/mol. The molecule has 0 aliphatic rings. The van der Waals surface area contributed by atoms with E-state index >= 15 is 0 Å². The van der Waals surface area contributed by atoms with Gasteiger partial charge in [0.1, 0.15) is 5.75 Å². The van der Waals surface area contributed by atoms with Crippen LogP contribution < -0.4 is 4.74 Å². The second kappa shape index (κ2) is 5.56. The van der Waals surface area contributed by atoms with Gasteiger partial charge >= 0.3 is 0 Å². The number of halogens is 2. The number of nitrogens with zero attached hydrogens (tertiary/aromatic N) is 1. The van der Waals surface area contributed by atoms with Crippen LogP contribution in [0.4, 0.5) is 8.78 Å². The summed E-state index contributed by atoms with van der Waals surface area (Å²) in [6.45, 7) is 0. The van der Waals surface area contributed by atoms with Crippen LogP contribution in [0.2, 0.25) is 0 Å². The average molecular weight is 263 g/mol. The topological polar surface area (TPSA) is 39.2 Å². The summed E-state index contributed by atoms with van der Waals surface area (Å²) in [4.78, 5) is 16.0. The Kier molecular flexibility index (Phi) is 3.85. The molecule has 0 saturated heterocycles. The minimum Gasteiger partial charge on any atom is -0.497 e. The van der Waals surface area contributed by atoms with E-state index in [-0.39, 0.29) is 22.7 Å². The van der Waals surface area contributed by atoms with Crippen molar-refractivity contribution in [3.63, 3.8) is 0 Å². The minimum absolute atomic E-state index is 0.167. The number of carbonyl (C=O) groups is 1. The number of ether oxygens (including phenoxy) is 1. The standard InChI is InChI=1S/C14H11F2NO2/c1-19-12-7-10(6-11(8-12)14(15)16)13(18)9-2-4-17-5-3-9/h2-8,14H,1H3. The first-order chi connectivity index (χ1) is 9.11. The van der Waals surface area contributed by atoms with Crippen molar-refractivity contribution in [2.24, 2.45) is 0 Å². The summed E-state index contributed by atoms with van der Waals surface area (Å²) in [6.07, 6.45) is 0.294. The van der Waals surface area contributed by atoms with E-state index in [2.05, 4.69) is 4.98 Å². The molecule has 5 heteroatoms. The number of pyridine rings is 1. The van der Waals surface area contributed by atoms with Crippen molar-refractivity contribution in [3.8, 4) is 5.75 Å². The molecule has 1 aromatic carbocycles. The maximum absolute atomic E-state index is 12.8. The number of ketones is 1. The summed E-state index contributed by atoms with van der Waals surface area (Å²) in [5, 5.41) is 0. The zero-order valence-electron chi connectivity index (χ0n) is 10.1. The van der Waals surface area contributed by atoms with Crippen molar-refractivity contribution in [2.45, 2.75) is 6.43 Å². The SMILES string of the molecule is COc1cc(C(=O)c2ccncc2)cc(C(F)F)c1. The molecule has 3 nitrogen and oxygen atoms in total. The molecule has 0 N–H and O–H groups in total. The van der Waals surface area contributed by atoms with E-state index in [0.717, 1.165) is 0 Å². The van der Waals surface area contributed by atoms with Crippen molar-refractivity contribution >= 4 is 5.78 Å². The number of rotatable bonds is 4. The van der Waals surface area contributed by atoms with E-state index in [1.165, 1.54) is 49.8 Å². The van der Waals surface area contributed by atoms with Crippen LogP contribution in [0, 0.1) is 0 Å². The number of hydrogen-bond donors (Lipinski definition) is 0. The van der Waals surface area contributed by atoms with Crippen LogP contribution in [0.15, 0.2) is 42.7 Å². The minimum atomic E-state index is -2.65. The van der Waals surface area contributed by atoms with E-state index < -0.39 is 6.43 Å². The predicted octanol–water partition coefficient (Wildman–Crippen LogP) is 3.26. The lowest BCUT2D eigenvalue weighted by atomic mass is 10.0.